The highest BCUT2D eigenvalue weighted by atomic mass is 32.1. The number of carbonyl (C=O) groups is 1. The third-order valence-corrected chi connectivity index (χ3v) is 3.75. The quantitative estimate of drug-likeness (QED) is 0.796. The zero-order valence-corrected chi connectivity index (χ0v) is 11.0. The van der Waals surface area contributed by atoms with Crippen molar-refractivity contribution in [2.75, 3.05) is 0 Å². The van der Waals surface area contributed by atoms with Gasteiger partial charge >= 0.3 is 5.97 Å². The molecular weight excluding hydrogens is 262 g/mol. The normalized spacial score (nSPS) is 11.0. The molecule has 96 valence electrons. The molecule has 3 aromatic rings. The Balaban J connectivity index is 2.24. The molecule has 0 bridgehead atoms. The van der Waals surface area contributed by atoms with Gasteiger partial charge in [-0.15, -0.1) is 11.3 Å². The number of thiophene rings is 1. The van der Waals surface area contributed by atoms with Gasteiger partial charge < -0.3 is 5.11 Å². The van der Waals surface area contributed by atoms with E-state index in [4.69, 9.17) is 5.11 Å². The van der Waals surface area contributed by atoms with Gasteiger partial charge in [0, 0.05) is 11.8 Å². The standard InChI is InChI=1S/C13H11N3O2S/c1-2-8-6-10(13(17)18)14-12-7-9(15-16(8)12)11-4-3-5-19-11/h3-7H,2H2,1H3,(H,17,18). The molecule has 0 saturated carbocycles. The third-order valence-electron chi connectivity index (χ3n) is 2.86. The van der Waals surface area contributed by atoms with Gasteiger partial charge in [-0.2, -0.15) is 5.10 Å². The first-order chi connectivity index (χ1) is 9.19. The molecule has 0 aliphatic rings. The molecule has 0 aromatic carbocycles. The second-order valence-electron chi connectivity index (χ2n) is 4.07. The Morgan fingerprint density at radius 2 is 2.32 bits per heavy atom. The SMILES string of the molecule is CCc1cc(C(=O)O)nc2cc(-c3cccs3)nn12. The van der Waals surface area contributed by atoms with Crippen LogP contribution < -0.4 is 0 Å². The van der Waals surface area contributed by atoms with Crippen LogP contribution in [0.25, 0.3) is 16.2 Å². The first-order valence-corrected chi connectivity index (χ1v) is 6.74. The number of nitrogens with zero attached hydrogens (tertiary/aromatic N) is 3. The molecule has 0 atom stereocenters. The fourth-order valence-corrected chi connectivity index (χ4v) is 2.62. The van der Waals surface area contributed by atoms with E-state index in [9.17, 15) is 4.79 Å². The Hall–Kier alpha value is -2.21. The van der Waals surface area contributed by atoms with Crippen LogP contribution in [0.15, 0.2) is 29.6 Å². The lowest BCUT2D eigenvalue weighted by Gasteiger charge is -2.02. The van der Waals surface area contributed by atoms with Crippen LogP contribution in [-0.2, 0) is 6.42 Å². The summed E-state index contributed by atoms with van der Waals surface area (Å²) in [4.78, 5) is 16.2. The van der Waals surface area contributed by atoms with Gasteiger partial charge in [-0.1, -0.05) is 13.0 Å². The number of carboxylic acid groups (broad SMARTS) is 1. The van der Waals surface area contributed by atoms with Crippen molar-refractivity contribution in [2.45, 2.75) is 13.3 Å². The Morgan fingerprint density at radius 1 is 1.47 bits per heavy atom. The summed E-state index contributed by atoms with van der Waals surface area (Å²) in [5.74, 6) is -1.02. The van der Waals surface area contributed by atoms with E-state index in [1.54, 1.807) is 21.9 Å². The molecule has 6 heteroatoms. The topological polar surface area (TPSA) is 67.5 Å². The summed E-state index contributed by atoms with van der Waals surface area (Å²) in [5.41, 5.74) is 2.28. The largest absolute Gasteiger partial charge is 0.477 e. The van der Waals surface area contributed by atoms with E-state index >= 15 is 0 Å². The van der Waals surface area contributed by atoms with Gasteiger partial charge in [0.15, 0.2) is 11.3 Å². The summed E-state index contributed by atoms with van der Waals surface area (Å²) in [6.07, 6.45) is 0.699. The predicted octanol–water partition coefficient (Wildman–Crippen LogP) is 2.72. The Bertz CT molecular complexity index is 747. The number of hydrogen-bond donors (Lipinski definition) is 1. The molecule has 0 amide bonds. The Morgan fingerprint density at radius 3 is 2.95 bits per heavy atom. The molecule has 0 spiro atoms. The van der Waals surface area contributed by atoms with E-state index in [1.165, 1.54) is 0 Å². The minimum absolute atomic E-state index is 0.0574. The smallest absolute Gasteiger partial charge is 0.354 e. The number of aromatic carboxylic acids is 1. The molecule has 0 unspecified atom stereocenters. The van der Waals surface area contributed by atoms with E-state index < -0.39 is 5.97 Å². The van der Waals surface area contributed by atoms with Crippen molar-refractivity contribution in [1.29, 1.82) is 0 Å². The van der Waals surface area contributed by atoms with Crippen molar-refractivity contribution in [1.82, 2.24) is 14.6 Å². The second-order valence-corrected chi connectivity index (χ2v) is 5.02. The molecule has 0 aliphatic heterocycles. The van der Waals surface area contributed by atoms with Crippen molar-refractivity contribution in [2.24, 2.45) is 0 Å². The van der Waals surface area contributed by atoms with Crippen molar-refractivity contribution in [3.05, 3.63) is 41.0 Å². The number of rotatable bonds is 3. The third kappa shape index (κ3) is 2.00. The number of hydrogen-bond acceptors (Lipinski definition) is 4. The number of fused-ring (bicyclic) bond motifs is 1. The fraction of sp³-hybridized carbons (Fsp3) is 0.154. The average Bonchev–Trinajstić information content (AvgIpc) is 3.05. The summed E-state index contributed by atoms with van der Waals surface area (Å²) < 4.78 is 1.71. The maximum Gasteiger partial charge on any atom is 0.354 e. The molecule has 0 fully saturated rings. The minimum atomic E-state index is -1.02. The van der Waals surface area contributed by atoms with Crippen LogP contribution >= 0.6 is 11.3 Å². The monoisotopic (exact) mass is 273 g/mol. The molecule has 5 nitrogen and oxygen atoms in total. The van der Waals surface area contributed by atoms with E-state index in [1.807, 2.05) is 30.5 Å². The fourth-order valence-electron chi connectivity index (χ4n) is 1.94. The highest BCUT2D eigenvalue weighted by Crippen LogP contribution is 2.24. The van der Waals surface area contributed by atoms with Gasteiger partial charge in [-0.05, 0) is 23.9 Å². The molecule has 0 saturated heterocycles. The van der Waals surface area contributed by atoms with Crippen LogP contribution in [0.3, 0.4) is 0 Å². The average molecular weight is 273 g/mol. The number of aryl methyl sites for hydroxylation is 1. The molecule has 1 N–H and O–H groups in total. The first kappa shape index (κ1) is 11.9. The maximum atomic E-state index is 11.1. The Labute approximate surface area is 113 Å². The van der Waals surface area contributed by atoms with Crippen molar-refractivity contribution >= 4 is 23.0 Å². The molecule has 3 aromatic heterocycles. The Kier molecular flexibility index (Phi) is 2.79. The van der Waals surface area contributed by atoms with Crippen LogP contribution in [0, 0.1) is 0 Å². The van der Waals surface area contributed by atoms with Crippen LogP contribution in [-0.4, -0.2) is 25.7 Å². The van der Waals surface area contributed by atoms with Gasteiger partial charge in [-0.25, -0.2) is 14.3 Å². The van der Waals surface area contributed by atoms with Crippen LogP contribution in [0.2, 0.25) is 0 Å². The van der Waals surface area contributed by atoms with Crippen LogP contribution in [0.1, 0.15) is 23.1 Å². The van der Waals surface area contributed by atoms with Crippen molar-refractivity contribution < 1.29 is 9.90 Å². The highest BCUT2D eigenvalue weighted by Gasteiger charge is 2.13. The van der Waals surface area contributed by atoms with Gasteiger partial charge in [-0.3, -0.25) is 0 Å². The highest BCUT2D eigenvalue weighted by molar-refractivity contribution is 7.13. The second kappa shape index (κ2) is 4.47. The predicted molar refractivity (Wildman–Crippen MR) is 72.6 cm³/mol. The van der Waals surface area contributed by atoms with Crippen LogP contribution in [0.5, 0.6) is 0 Å². The minimum Gasteiger partial charge on any atom is -0.477 e. The van der Waals surface area contributed by atoms with Gasteiger partial charge in [0.05, 0.1) is 4.88 Å². The van der Waals surface area contributed by atoms with Gasteiger partial charge in [0.1, 0.15) is 5.69 Å². The summed E-state index contributed by atoms with van der Waals surface area (Å²) in [6.45, 7) is 1.97. The van der Waals surface area contributed by atoms with Gasteiger partial charge in [0.2, 0.25) is 0 Å². The van der Waals surface area contributed by atoms with Crippen molar-refractivity contribution in [3.63, 3.8) is 0 Å². The lowest BCUT2D eigenvalue weighted by atomic mass is 10.2. The van der Waals surface area contributed by atoms with Crippen molar-refractivity contribution in [3.8, 4) is 10.6 Å². The maximum absolute atomic E-state index is 11.1. The van der Waals surface area contributed by atoms with E-state index in [0.717, 1.165) is 16.3 Å². The number of aromatic nitrogens is 3. The molecule has 19 heavy (non-hydrogen) atoms. The van der Waals surface area contributed by atoms with E-state index in [2.05, 4.69) is 10.1 Å². The molecule has 0 aliphatic carbocycles. The molecule has 3 rings (SSSR count). The molecule has 3 heterocycles. The summed E-state index contributed by atoms with van der Waals surface area (Å²) in [7, 11) is 0. The van der Waals surface area contributed by atoms with Crippen LogP contribution in [0.4, 0.5) is 0 Å². The zero-order chi connectivity index (χ0) is 13.4. The van der Waals surface area contributed by atoms with E-state index in [0.29, 0.717) is 12.1 Å². The summed E-state index contributed by atoms with van der Waals surface area (Å²) in [5, 5.41) is 15.5. The number of carboxylic acids is 1. The lowest BCUT2D eigenvalue weighted by Crippen LogP contribution is -2.06. The van der Waals surface area contributed by atoms with E-state index in [-0.39, 0.29) is 5.69 Å². The lowest BCUT2D eigenvalue weighted by molar-refractivity contribution is 0.0690. The van der Waals surface area contributed by atoms with Gasteiger partial charge in [0.25, 0.3) is 0 Å². The summed E-state index contributed by atoms with van der Waals surface area (Å²) >= 11 is 1.60. The summed E-state index contributed by atoms with van der Waals surface area (Å²) in [6, 6.07) is 7.33. The zero-order valence-electron chi connectivity index (χ0n) is 10.2. The molecule has 0 radical (unpaired) electrons. The molecular formula is C13H11N3O2S. The first-order valence-electron chi connectivity index (χ1n) is 5.86.